The Bertz CT molecular complexity index is 770. The summed E-state index contributed by atoms with van der Waals surface area (Å²) < 4.78 is 11.1. The fraction of sp³-hybridized carbons (Fsp3) is 0.368. The van der Waals surface area contributed by atoms with Crippen molar-refractivity contribution in [1.82, 2.24) is 5.32 Å². The molecule has 1 aliphatic rings. The van der Waals surface area contributed by atoms with E-state index in [1.807, 2.05) is 42.5 Å². The van der Waals surface area contributed by atoms with E-state index in [4.69, 9.17) is 14.6 Å². The smallest absolute Gasteiger partial charge is 0.333 e. The summed E-state index contributed by atoms with van der Waals surface area (Å²) >= 11 is 0. The molecule has 1 heterocycles. The highest BCUT2D eigenvalue weighted by atomic mass is 16.5. The van der Waals surface area contributed by atoms with Crippen molar-refractivity contribution in [3.63, 3.8) is 0 Å². The number of amides is 1. The molecule has 2 N–H and O–H groups in total. The van der Waals surface area contributed by atoms with E-state index >= 15 is 0 Å². The molecule has 0 saturated carbocycles. The third-order valence-electron chi connectivity index (χ3n) is 4.36. The fourth-order valence-corrected chi connectivity index (χ4v) is 3.07. The lowest BCUT2D eigenvalue weighted by atomic mass is 10.0. The van der Waals surface area contributed by atoms with Crippen LogP contribution < -0.4 is 10.1 Å². The molecule has 0 radical (unpaired) electrons. The number of hydrogen-bond acceptors (Lipinski definition) is 4. The first-order chi connectivity index (χ1) is 12.1. The van der Waals surface area contributed by atoms with Crippen molar-refractivity contribution in [3.05, 3.63) is 42.5 Å². The SMILES string of the molecule is C[C@@H]1C[C@H](C(=O)NCCOc2cccc3ccccc23)O[C@H]1C(=O)O. The number of nitrogens with one attached hydrogen (secondary N) is 1. The number of benzene rings is 2. The van der Waals surface area contributed by atoms with Crippen LogP contribution in [0.4, 0.5) is 0 Å². The van der Waals surface area contributed by atoms with Crippen molar-refractivity contribution in [1.29, 1.82) is 0 Å². The number of carbonyl (C=O) groups is 2. The first-order valence-electron chi connectivity index (χ1n) is 8.33. The minimum Gasteiger partial charge on any atom is -0.491 e. The Hall–Kier alpha value is -2.60. The molecule has 132 valence electrons. The van der Waals surface area contributed by atoms with Crippen molar-refractivity contribution in [2.24, 2.45) is 5.92 Å². The third kappa shape index (κ3) is 3.91. The van der Waals surface area contributed by atoms with E-state index in [1.54, 1.807) is 6.92 Å². The van der Waals surface area contributed by atoms with Crippen LogP contribution in [-0.2, 0) is 14.3 Å². The van der Waals surface area contributed by atoms with Gasteiger partial charge in [-0.2, -0.15) is 0 Å². The highest BCUT2D eigenvalue weighted by Gasteiger charge is 2.40. The van der Waals surface area contributed by atoms with Gasteiger partial charge in [-0.25, -0.2) is 4.79 Å². The molecule has 0 aromatic heterocycles. The minimum absolute atomic E-state index is 0.180. The predicted molar refractivity (Wildman–Crippen MR) is 92.5 cm³/mol. The highest BCUT2D eigenvalue weighted by Crippen LogP contribution is 2.27. The molecule has 0 bridgehead atoms. The zero-order valence-corrected chi connectivity index (χ0v) is 14.0. The maximum absolute atomic E-state index is 12.1. The van der Waals surface area contributed by atoms with E-state index in [0.717, 1.165) is 16.5 Å². The Morgan fingerprint density at radius 1 is 1.24 bits per heavy atom. The molecular weight excluding hydrogens is 322 g/mol. The van der Waals surface area contributed by atoms with E-state index in [2.05, 4.69) is 5.32 Å². The highest BCUT2D eigenvalue weighted by molar-refractivity contribution is 5.88. The van der Waals surface area contributed by atoms with Crippen LogP contribution in [-0.4, -0.2) is 42.3 Å². The topological polar surface area (TPSA) is 84.9 Å². The van der Waals surface area contributed by atoms with Gasteiger partial charge in [-0.15, -0.1) is 0 Å². The van der Waals surface area contributed by atoms with Crippen LogP contribution in [0.5, 0.6) is 5.75 Å². The lowest BCUT2D eigenvalue weighted by Crippen LogP contribution is -2.37. The van der Waals surface area contributed by atoms with Gasteiger partial charge >= 0.3 is 5.97 Å². The number of carboxylic acid groups (broad SMARTS) is 1. The maximum Gasteiger partial charge on any atom is 0.333 e. The zero-order chi connectivity index (χ0) is 17.8. The number of fused-ring (bicyclic) bond motifs is 1. The van der Waals surface area contributed by atoms with Gasteiger partial charge in [0.2, 0.25) is 5.91 Å². The average Bonchev–Trinajstić information content (AvgIpc) is 3.01. The van der Waals surface area contributed by atoms with Gasteiger partial charge in [0.05, 0.1) is 6.54 Å². The third-order valence-corrected chi connectivity index (χ3v) is 4.36. The fourth-order valence-electron chi connectivity index (χ4n) is 3.07. The average molecular weight is 343 g/mol. The van der Waals surface area contributed by atoms with Crippen molar-refractivity contribution < 1.29 is 24.2 Å². The standard InChI is InChI=1S/C19H21NO5/c1-12-11-16(25-17(12)19(22)23)18(21)20-9-10-24-15-8-4-6-13-5-2-3-7-14(13)15/h2-8,12,16-17H,9-11H2,1H3,(H,20,21)(H,22,23)/t12-,16-,17-/m1/s1. The van der Waals surface area contributed by atoms with E-state index in [0.29, 0.717) is 19.6 Å². The van der Waals surface area contributed by atoms with Crippen LogP contribution in [0, 0.1) is 5.92 Å². The molecule has 1 aliphatic heterocycles. The Labute approximate surface area is 145 Å². The summed E-state index contributed by atoms with van der Waals surface area (Å²) in [7, 11) is 0. The number of rotatable bonds is 6. The Morgan fingerprint density at radius 3 is 2.76 bits per heavy atom. The van der Waals surface area contributed by atoms with E-state index in [1.165, 1.54) is 0 Å². The number of carbonyl (C=O) groups excluding carboxylic acids is 1. The van der Waals surface area contributed by atoms with Crippen molar-refractivity contribution in [3.8, 4) is 5.75 Å². The molecule has 0 spiro atoms. The Kier molecular flexibility index (Phi) is 5.19. The van der Waals surface area contributed by atoms with Crippen molar-refractivity contribution in [2.75, 3.05) is 13.2 Å². The molecule has 3 atom stereocenters. The number of hydrogen-bond donors (Lipinski definition) is 2. The maximum atomic E-state index is 12.1. The first kappa shape index (κ1) is 17.2. The summed E-state index contributed by atoms with van der Waals surface area (Å²) in [6.45, 7) is 2.42. The molecule has 2 aromatic rings. The summed E-state index contributed by atoms with van der Waals surface area (Å²) in [5.74, 6) is -0.733. The summed E-state index contributed by atoms with van der Waals surface area (Å²) in [6, 6.07) is 13.8. The Balaban J connectivity index is 1.48. The summed E-state index contributed by atoms with van der Waals surface area (Å²) in [5.41, 5.74) is 0. The second-order valence-electron chi connectivity index (χ2n) is 6.21. The molecule has 1 saturated heterocycles. The van der Waals surface area contributed by atoms with Gasteiger partial charge in [0.1, 0.15) is 18.5 Å². The van der Waals surface area contributed by atoms with Gasteiger partial charge in [0, 0.05) is 5.39 Å². The van der Waals surface area contributed by atoms with Crippen LogP contribution in [0.2, 0.25) is 0 Å². The summed E-state index contributed by atoms with van der Waals surface area (Å²) in [4.78, 5) is 23.1. The molecule has 25 heavy (non-hydrogen) atoms. The number of carboxylic acids is 1. The monoisotopic (exact) mass is 343 g/mol. The zero-order valence-electron chi connectivity index (χ0n) is 14.0. The minimum atomic E-state index is -1.03. The van der Waals surface area contributed by atoms with Crippen molar-refractivity contribution in [2.45, 2.75) is 25.6 Å². The number of ether oxygens (including phenoxy) is 2. The quantitative estimate of drug-likeness (QED) is 0.786. The van der Waals surface area contributed by atoms with Gasteiger partial charge in [0.25, 0.3) is 0 Å². The van der Waals surface area contributed by atoms with E-state index in [-0.39, 0.29) is 11.8 Å². The van der Waals surface area contributed by atoms with E-state index in [9.17, 15) is 9.59 Å². The van der Waals surface area contributed by atoms with Gasteiger partial charge in [-0.05, 0) is 23.8 Å². The molecule has 3 rings (SSSR count). The normalized spacial score (nSPS) is 22.7. The molecule has 1 fully saturated rings. The van der Waals surface area contributed by atoms with Crippen LogP contribution in [0.3, 0.4) is 0 Å². The molecule has 0 unspecified atom stereocenters. The molecule has 6 nitrogen and oxygen atoms in total. The van der Waals surface area contributed by atoms with Crippen LogP contribution in [0.1, 0.15) is 13.3 Å². The molecule has 1 amide bonds. The summed E-state index contributed by atoms with van der Waals surface area (Å²) in [6.07, 6.45) is -1.22. The van der Waals surface area contributed by atoms with Gasteiger partial charge < -0.3 is 19.9 Å². The largest absolute Gasteiger partial charge is 0.491 e. The van der Waals surface area contributed by atoms with Gasteiger partial charge in [-0.1, -0.05) is 43.3 Å². The van der Waals surface area contributed by atoms with Gasteiger partial charge in [-0.3, -0.25) is 4.79 Å². The van der Waals surface area contributed by atoms with Crippen molar-refractivity contribution >= 4 is 22.6 Å². The lowest BCUT2D eigenvalue weighted by molar-refractivity contribution is -0.153. The van der Waals surface area contributed by atoms with Crippen LogP contribution in [0.15, 0.2) is 42.5 Å². The van der Waals surface area contributed by atoms with E-state index < -0.39 is 18.2 Å². The van der Waals surface area contributed by atoms with Gasteiger partial charge in [0.15, 0.2) is 6.10 Å². The molecule has 0 aliphatic carbocycles. The second-order valence-corrected chi connectivity index (χ2v) is 6.21. The molecule has 2 aromatic carbocycles. The Morgan fingerprint density at radius 2 is 2.00 bits per heavy atom. The summed E-state index contributed by atoms with van der Waals surface area (Å²) in [5, 5.41) is 13.9. The second kappa shape index (κ2) is 7.53. The van der Waals surface area contributed by atoms with Crippen LogP contribution >= 0.6 is 0 Å². The number of aliphatic carboxylic acids is 1. The molecular formula is C19H21NO5. The predicted octanol–water partition coefficient (Wildman–Crippen LogP) is 2.21. The van der Waals surface area contributed by atoms with Crippen LogP contribution in [0.25, 0.3) is 10.8 Å². The molecule has 6 heteroatoms. The first-order valence-corrected chi connectivity index (χ1v) is 8.33. The lowest BCUT2D eigenvalue weighted by Gasteiger charge is -2.13.